The van der Waals surface area contributed by atoms with Crippen LogP contribution in [0, 0.1) is 6.92 Å². The van der Waals surface area contributed by atoms with Crippen LogP contribution in [0.25, 0.3) is 33.7 Å². The van der Waals surface area contributed by atoms with Gasteiger partial charge >= 0.3 is 0 Å². The average Bonchev–Trinajstić information content (AvgIpc) is 3.83. The van der Waals surface area contributed by atoms with Gasteiger partial charge in [-0.25, -0.2) is 13.4 Å². The minimum absolute atomic E-state index is 0.0408. The van der Waals surface area contributed by atoms with Crippen LogP contribution >= 0.6 is 11.8 Å². The molecule has 1 amide bonds. The molecule has 1 fully saturated rings. The predicted octanol–water partition coefficient (Wildman–Crippen LogP) is 11.0. The van der Waals surface area contributed by atoms with Gasteiger partial charge in [0.1, 0.15) is 11.7 Å². The number of aliphatic hydroxyl groups is 1. The summed E-state index contributed by atoms with van der Waals surface area (Å²) in [6.45, 7) is 2.04. The molecule has 9 rings (SSSR count). The number of nitrogens with zero attached hydrogens (tertiary/aromatic N) is 1. The van der Waals surface area contributed by atoms with Gasteiger partial charge in [-0.3, -0.25) is 4.79 Å². The van der Waals surface area contributed by atoms with Crippen LogP contribution < -0.4 is 10.0 Å². The summed E-state index contributed by atoms with van der Waals surface area (Å²) < 4.78 is 49.3. The first-order valence-corrected chi connectivity index (χ1v) is 25.0. The van der Waals surface area contributed by atoms with Crippen molar-refractivity contribution in [2.24, 2.45) is 0 Å². The van der Waals surface area contributed by atoms with Crippen molar-refractivity contribution >= 4 is 27.7 Å². The van der Waals surface area contributed by atoms with Crippen molar-refractivity contribution in [3.05, 3.63) is 221 Å². The van der Waals surface area contributed by atoms with Gasteiger partial charge in [-0.15, -0.1) is 0 Å². The highest BCUT2D eigenvalue weighted by molar-refractivity contribution is 7.99. The van der Waals surface area contributed by atoms with E-state index in [1.807, 2.05) is 171 Å². The molecule has 1 aromatic heterocycles. The second-order valence-electron chi connectivity index (χ2n) is 16.8. The number of ether oxygens (including phenoxy) is 2. The minimum atomic E-state index is -3.98. The summed E-state index contributed by atoms with van der Waals surface area (Å²) in [5.74, 6) is 0.857. The molecule has 4 atom stereocenters. The number of thioether (sulfide) groups is 1. The Labute approximate surface area is 401 Å². The van der Waals surface area contributed by atoms with Gasteiger partial charge in [0.05, 0.1) is 23.7 Å². The summed E-state index contributed by atoms with van der Waals surface area (Å²) in [6, 6.07) is 58.7. The highest BCUT2D eigenvalue weighted by Gasteiger charge is 2.33. The number of amides is 1. The Kier molecular flexibility index (Phi) is 14.7. The number of aryl methyl sites for hydroxylation is 1. The number of aromatic nitrogens is 1. The van der Waals surface area contributed by atoms with E-state index in [-0.39, 0.29) is 36.7 Å². The number of carbonyl (C=O) groups is 1. The first kappa shape index (κ1) is 46.5. The molecule has 1 aliphatic rings. The van der Waals surface area contributed by atoms with Crippen molar-refractivity contribution < 1.29 is 32.2 Å². The van der Waals surface area contributed by atoms with Gasteiger partial charge in [-0.2, -0.15) is 4.72 Å². The zero-order valence-electron chi connectivity index (χ0n) is 37.4. The number of hydrogen-bond acceptors (Lipinski definition) is 9. The molecule has 10 nitrogen and oxygen atoms in total. The maximum atomic E-state index is 13.7. The van der Waals surface area contributed by atoms with Gasteiger partial charge in [0.25, 0.3) is 5.22 Å². The van der Waals surface area contributed by atoms with E-state index >= 15 is 0 Å². The number of carbonyl (C=O) groups excluding carboxylic acids is 1. The fourth-order valence-electron chi connectivity index (χ4n) is 8.14. The van der Waals surface area contributed by atoms with Crippen LogP contribution in [0.1, 0.15) is 52.2 Å². The normalized spacial score (nSPS) is 16.5. The molecule has 4 unspecified atom stereocenters. The van der Waals surface area contributed by atoms with E-state index in [1.54, 1.807) is 24.3 Å². The molecule has 0 spiro atoms. The summed E-state index contributed by atoms with van der Waals surface area (Å²) in [4.78, 5) is 18.8. The third-order valence-electron chi connectivity index (χ3n) is 11.8. The number of benzene rings is 7. The first-order chi connectivity index (χ1) is 33.2. The molecule has 0 radical (unpaired) electrons. The molecule has 344 valence electrons. The molecular weight excluding hydrogens is 891 g/mol. The molecule has 68 heavy (non-hydrogen) atoms. The van der Waals surface area contributed by atoms with Gasteiger partial charge in [-0.1, -0.05) is 187 Å². The average molecular weight is 942 g/mol. The molecule has 1 aliphatic heterocycles. The van der Waals surface area contributed by atoms with E-state index in [0.717, 1.165) is 61.3 Å². The van der Waals surface area contributed by atoms with Crippen molar-refractivity contribution in [2.45, 2.75) is 67.6 Å². The van der Waals surface area contributed by atoms with E-state index < -0.39 is 28.3 Å². The number of sulfonamides is 1. The lowest BCUT2D eigenvalue weighted by Gasteiger charge is -2.36. The van der Waals surface area contributed by atoms with E-state index in [0.29, 0.717) is 23.2 Å². The number of nitrogens with one attached hydrogen (secondary N) is 2. The largest absolute Gasteiger partial charge is 0.431 e. The first-order valence-electron chi connectivity index (χ1n) is 22.5. The summed E-state index contributed by atoms with van der Waals surface area (Å²) >= 11 is 1.51. The van der Waals surface area contributed by atoms with Crippen LogP contribution in [0.2, 0.25) is 0 Å². The summed E-state index contributed by atoms with van der Waals surface area (Å²) in [6.07, 6.45) is -0.365. The third kappa shape index (κ3) is 11.5. The maximum Gasteiger partial charge on any atom is 0.256 e. The van der Waals surface area contributed by atoms with Gasteiger partial charge in [0, 0.05) is 35.4 Å². The van der Waals surface area contributed by atoms with E-state index in [9.17, 15) is 18.3 Å². The number of aliphatic hydroxyl groups excluding tert-OH is 1. The Morgan fingerprint density at radius 1 is 0.691 bits per heavy atom. The molecule has 7 aromatic carbocycles. The van der Waals surface area contributed by atoms with E-state index in [2.05, 4.69) is 10.0 Å². The highest BCUT2D eigenvalue weighted by Crippen LogP contribution is 2.41. The lowest BCUT2D eigenvalue weighted by atomic mass is 9.99. The SMILES string of the molecule is Cc1ccc(S(=O)(=O)NC(Cc2ccccc2)C(=O)NCc2cccc(-c3ccc(C4OC(CSc5nc(-c6ccccc6)c(-c6ccccc6)o5)CC(c5ccc(CO)cc5)O4)cc3)c2)cc1. The third-order valence-corrected chi connectivity index (χ3v) is 14.3. The highest BCUT2D eigenvalue weighted by atomic mass is 32.2. The number of rotatable bonds is 17. The van der Waals surface area contributed by atoms with E-state index in [1.165, 1.54) is 11.8 Å². The molecule has 0 bridgehead atoms. The van der Waals surface area contributed by atoms with Gasteiger partial charge in [-0.05, 0) is 64.9 Å². The van der Waals surface area contributed by atoms with Crippen LogP contribution in [0.15, 0.2) is 203 Å². The molecule has 12 heteroatoms. The van der Waals surface area contributed by atoms with Crippen LogP contribution in [0.4, 0.5) is 0 Å². The predicted molar refractivity (Wildman–Crippen MR) is 266 cm³/mol. The Morgan fingerprint density at radius 2 is 1.32 bits per heavy atom. The topological polar surface area (TPSA) is 140 Å². The Balaban J connectivity index is 0.895. The second-order valence-corrected chi connectivity index (χ2v) is 19.5. The zero-order chi connectivity index (χ0) is 46.9. The Bertz CT molecular complexity index is 2970. The van der Waals surface area contributed by atoms with Crippen LogP contribution in [0.3, 0.4) is 0 Å². The van der Waals surface area contributed by atoms with Crippen molar-refractivity contribution in [1.82, 2.24) is 15.0 Å². The quantitative estimate of drug-likeness (QED) is 0.0761. The summed E-state index contributed by atoms with van der Waals surface area (Å²) in [5.41, 5.74) is 9.91. The molecule has 0 aliphatic carbocycles. The standard InChI is InChI=1S/C56H51N3O7S2/c1-38-20-30-49(31-21-38)68(62,63)59-50(33-39-12-5-2-6-13-39)54(61)57-35-41-14-11-19-47(32-41)42-26-28-46(29-27-42)55-64-48(34-51(65-55)43-24-22-40(36-60)23-25-43)37-67-56-58-52(44-15-7-3-8-16-44)53(66-56)45-17-9-4-10-18-45/h2-32,48,50-51,55,59-60H,33-37H2,1H3,(H,57,61). The van der Waals surface area contributed by atoms with Crippen molar-refractivity contribution in [2.75, 3.05) is 5.75 Å². The van der Waals surface area contributed by atoms with Crippen molar-refractivity contribution in [3.63, 3.8) is 0 Å². The van der Waals surface area contributed by atoms with Gasteiger partial charge in [0.15, 0.2) is 12.1 Å². The van der Waals surface area contributed by atoms with E-state index in [4.69, 9.17) is 18.9 Å². The lowest BCUT2D eigenvalue weighted by Crippen LogP contribution is -2.47. The lowest BCUT2D eigenvalue weighted by molar-refractivity contribution is -0.245. The maximum absolute atomic E-state index is 13.7. The Hall–Kier alpha value is -6.64. The monoisotopic (exact) mass is 941 g/mol. The molecule has 3 N–H and O–H groups in total. The van der Waals surface area contributed by atoms with Crippen molar-refractivity contribution in [3.8, 4) is 33.7 Å². The summed E-state index contributed by atoms with van der Waals surface area (Å²) in [7, 11) is -3.98. The van der Waals surface area contributed by atoms with Crippen LogP contribution in [-0.2, 0) is 43.9 Å². The van der Waals surface area contributed by atoms with Gasteiger partial charge in [0.2, 0.25) is 15.9 Å². The van der Waals surface area contributed by atoms with Gasteiger partial charge < -0.3 is 24.3 Å². The van der Waals surface area contributed by atoms with Crippen LogP contribution in [0.5, 0.6) is 0 Å². The molecule has 1 saturated heterocycles. The minimum Gasteiger partial charge on any atom is -0.431 e. The second kappa shape index (κ2) is 21.5. The number of hydrogen-bond donors (Lipinski definition) is 3. The Morgan fingerprint density at radius 3 is 2.01 bits per heavy atom. The molecule has 0 saturated carbocycles. The molecule has 8 aromatic rings. The zero-order valence-corrected chi connectivity index (χ0v) is 39.0. The van der Waals surface area contributed by atoms with Crippen molar-refractivity contribution in [1.29, 1.82) is 0 Å². The number of oxazole rings is 1. The fourth-order valence-corrected chi connectivity index (χ4v) is 10.2. The fraction of sp³-hybridized carbons (Fsp3) is 0.179. The smallest absolute Gasteiger partial charge is 0.256 e. The molecule has 2 heterocycles. The summed E-state index contributed by atoms with van der Waals surface area (Å²) in [5, 5.41) is 13.2. The molecular formula is C56H51N3O7S2. The van der Waals surface area contributed by atoms with Crippen LogP contribution in [-0.4, -0.2) is 42.3 Å².